The summed E-state index contributed by atoms with van der Waals surface area (Å²) in [5.41, 5.74) is 2.91. The third-order valence-electron chi connectivity index (χ3n) is 5.89. The Morgan fingerprint density at radius 3 is 2.65 bits per heavy atom. The fourth-order valence-corrected chi connectivity index (χ4v) is 5.47. The van der Waals surface area contributed by atoms with Crippen LogP contribution < -0.4 is 15.8 Å². The summed E-state index contributed by atoms with van der Waals surface area (Å²) in [5.74, 6) is 0.347. The predicted molar refractivity (Wildman–Crippen MR) is 125 cm³/mol. The smallest absolute Gasteiger partial charge is 0.339 e. The molecule has 1 unspecified atom stereocenters. The molecular formula is C23H28N4O3S. The minimum atomic E-state index is -0.387. The lowest BCUT2D eigenvalue weighted by molar-refractivity contribution is 0.0602. The van der Waals surface area contributed by atoms with Crippen molar-refractivity contribution in [1.82, 2.24) is 9.55 Å². The van der Waals surface area contributed by atoms with Crippen molar-refractivity contribution in [3.8, 4) is 0 Å². The number of ether oxygens (including phenoxy) is 1. The lowest BCUT2D eigenvalue weighted by Crippen LogP contribution is -2.35. The van der Waals surface area contributed by atoms with Gasteiger partial charge in [0.05, 0.1) is 24.2 Å². The summed E-state index contributed by atoms with van der Waals surface area (Å²) >= 11 is 1.48. The van der Waals surface area contributed by atoms with Crippen LogP contribution in [0.2, 0.25) is 0 Å². The molecule has 0 radical (unpaired) electrons. The van der Waals surface area contributed by atoms with Crippen molar-refractivity contribution in [3.63, 3.8) is 0 Å². The Kier molecular flexibility index (Phi) is 6.00. The monoisotopic (exact) mass is 440 g/mol. The van der Waals surface area contributed by atoms with Gasteiger partial charge in [-0.3, -0.25) is 9.36 Å². The first-order valence-corrected chi connectivity index (χ1v) is 11.4. The van der Waals surface area contributed by atoms with Crippen molar-refractivity contribution in [1.29, 1.82) is 0 Å². The number of benzene rings is 1. The van der Waals surface area contributed by atoms with E-state index in [0.29, 0.717) is 16.0 Å². The van der Waals surface area contributed by atoms with Crippen molar-refractivity contribution < 1.29 is 9.53 Å². The molecule has 31 heavy (non-hydrogen) atoms. The first-order chi connectivity index (χ1) is 14.9. The molecule has 7 nitrogen and oxygen atoms in total. The van der Waals surface area contributed by atoms with Gasteiger partial charge in [-0.25, -0.2) is 9.78 Å². The number of para-hydroxylation sites is 1. The molecular weight excluding hydrogens is 412 g/mol. The fraction of sp³-hybridized carbons (Fsp3) is 0.435. The molecule has 3 heterocycles. The van der Waals surface area contributed by atoms with Crippen molar-refractivity contribution >= 4 is 39.2 Å². The number of esters is 1. The van der Waals surface area contributed by atoms with E-state index in [0.717, 1.165) is 47.8 Å². The molecule has 4 rings (SSSR count). The molecule has 0 amide bonds. The van der Waals surface area contributed by atoms with Gasteiger partial charge < -0.3 is 15.0 Å². The normalized spacial score (nSPS) is 15.2. The Morgan fingerprint density at radius 1 is 1.23 bits per heavy atom. The standard InChI is InChI=1S/C23H28N4O3S/c1-14(24-17-11-7-6-10-16(17)22(29)30-4)18-15(2)31-20-19(18)25-23(26(3)21(20)28)27-12-8-5-9-13-27/h6-7,10-11,14,24H,5,8-9,12-13H2,1-4H3. The zero-order chi connectivity index (χ0) is 22.1. The molecule has 2 aromatic heterocycles. The number of piperidine rings is 1. The van der Waals surface area contributed by atoms with Crippen LogP contribution in [0, 0.1) is 6.92 Å². The number of thiophene rings is 1. The van der Waals surface area contributed by atoms with E-state index in [-0.39, 0.29) is 17.6 Å². The molecule has 1 aliphatic rings. The van der Waals surface area contributed by atoms with Gasteiger partial charge in [-0.15, -0.1) is 11.3 Å². The first-order valence-electron chi connectivity index (χ1n) is 10.6. The number of fused-ring (bicyclic) bond motifs is 1. The average Bonchev–Trinajstić information content (AvgIpc) is 3.12. The van der Waals surface area contributed by atoms with E-state index in [2.05, 4.69) is 10.2 Å². The topological polar surface area (TPSA) is 76.5 Å². The maximum absolute atomic E-state index is 13.1. The highest BCUT2D eigenvalue weighted by atomic mass is 32.1. The molecule has 1 saturated heterocycles. The number of anilines is 2. The molecule has 0 aliphatic carbocycles. The van der Waals surface area contributed by atoms with Gasteiger partial charge in [0.25, 0.3) is 5.56 Å². The second kappa shape index (κ2) is 8.70. The molecule has 1 atom stereocenters. The van der Waals surface area contributed by atoms with E-state index < -0.39 is 0 Å². The molecule has 8 heteroatoms. The van der Waals surface area contributed by atoms with Crippen LogP contribution in [-0.4, -0.2) is 35.7 Å². The number of aromatic nitrogens is 2. The summed E-state index contributed by atoms with van der Waals surface area (Å²) < 4.78 is 7.27. The number of rotatable bonds is 5. The zero-order valence-electron chi connectivity index (χ0n) is 18.4. The molecule has 3 aromatic rings. The molecule has 1 aromatic carbocycles. The number of aryl methyl sites for hydroxylation is 1. The van der Waals surface area contributed by atoms with E-state index in [9.17, 15) is 9.59 Å². The third-order valence-corrected chi connectivity index (χ3v) is 6.99. The fourth-order valence-electron chi connectivity index (χ4n) is 4.31. The van der Waals surface area contributed by atoms with Crippen LogP contribution >= 0.6 is 11.3 Å². The number of nitrogens with one attached hydrogen (secondary N) is 1. The summed E-state index contributed by atoms with van der Waals surface area (Å²) in [5, 5.41) is 3.44. The minimum absolute atomic E-state index is 0.00733. The molecule has 0 bridgehead atoms. The highest BCUT2D eigenvalue weighted by Gasteiger charge is 2.24. The predicted octanol–water partition coefficient (Wildman–Crippen LogP) is 4.25. The molecule has 1 aliphatic heterocycles. The Bertz CT molecular complexity index is 1180. The lowest BCUT2D eigenvalue weighted by atomic mass is 10.1. The Morgan fingerprint density at radius 2 is 1.94 bits per heavy atom. The number of methoxy groups -OCH3 is 1. The quantitative estimate of drug-likeness (QED) is 0.598. The van der Waals surface area contributed by atoms with Crippen molar-refractivity contribution in [2.24, 2.45) is 7.05 Å². The number of hydrogen-bond donors (Lipinski definition) is 1. The van der Waals surface area contributed by atoms with Crippen LogP contribution in [-0.2, 0) is 11.8 Å². The number of nitrogens with zero attached hydrogens (tertiary/aromatic N) is 3. The van der Waals surface area contributed by atoms with Crippen LogP contribution in [0.15, 0.2) is 29.1 Å². The van der Waals surface area contributed by atoms with Crippen LogP contribution in [0.25, 0.3) is 10.2 Å². The van der Waals surface area contributed by atoms with E-state index >= 15 is 0 Å². The van der Waals surface area contributed by atoms with Crippen molar-refractivity contribution in [2.45, 2.75) is 39.2 Å². The highest BCUT2D eigenvalue weighted by molar-refractivity contribution is 7.19. The van der Waals surface area contributed by atoms with Gasteiger partial charge in [-0.05, 0) is 45.2 Å². The van der Waals surface area contributed by atoms with Gasteiger partial charge in [0.15, 0.2) is 0 Å². The molecule has 1 N–H and O–H groups in total. The largest absolute Gasteiger partial charge is 0.465 e. The summed E-state index contributed by atoms with van der Waals surface area (Å²) in [7, 11) is 3.18. The van der Waals surface area contributed by atoms with Gasteiger partial charge in [-0.2, -0.15) is 0 Å². The summed E-state index contributed by atoms with van der Waals surface area (Å²) in [6, 6.07) is 7.14. The second-order valence-electron chi connectivity index (χ2n) is 7.98. The first kappa shape index (κ1) is 21.4. The number of carbonyl (C=O) groups excluding carboxylic acids is 1. The van der Waals surface area contributed by atoms with E-state index in [1.54, 1.807) is 10.6 Å². The Labute approximate surface area is 185 Å². The van der Waals surface area contributed by atoms with Crippen LogP contribution in [0.3, 0.4) is 0 Å². The lowest BCUT2D eigenvalue weighted by Gasteiger charge is -2.29. The zero-order valence-corrected chi connectivity index (χ0v) is 19.2. The van der Waals surface area contributed by atoms with Gasteiger partial charge in [-0.1, -0.05) is 12.1 Å². The van der Waals surface area contributed by atoms with Crippen molar-refractivity contribution in [2.75, 3.05) is 30.4 Å². The maximum Gasteiger partial charge on any atom is 0.339 e. The van der Waals surface area contributed by atoms with E-state index in [4.69, 9.17) is 9.72 Å². The van der Waals surface area contributed by atoms with Crippen LogP contribution in [0.4, 0.5) is 11.6 Å². The Balaban J connectivity index is 1.77. The highest BCUT2D eigenvalue weighted by Crippen LogP contribution is 2.35. The molecule has 1 fully saturated rings. The van der Waals surface area contributed by atoms with Crippen molar-refractivity contribution in [3.05, 3.63) is 50.6 Å². The summed E-state index contributed by atoms with van der Waals surface area (Å²) in [6.07, 6.45) is 3.45. The summed E-state index contributed by atoms with van der Waals surface area (Å²) in [6.45, 7) is 5.89. The van der Waals surface area contributed by atoms with Gasteiger partial charge in [0.2, 0.25) is 5.95 Å². The van der Waals surface area contributed by atoms with E-state index in [1.165, 1.54) is 24.9 Å². The molecule has 0 saturated carbocycles. The van der Waals surface area contributed by atoms with Gasteiger partial charge in [0, 0.05) is 36.3 Å². The SMILES string of the molecule is COC(=O)c1ccccc1NC(C)c1c(C)sc2c(=O)n(C)c(N3CCCCC3)nc12. The average molecular weight is 441 g/mol. The Hall–Kier alpha value is -2.87. The maximum atomic E-state index is 13.1. The van der Waals surface area contributed by atoms with Crippen LogP contribution in [0.1, 0.15) is 53.0 Å². The van der Waals surface area contributed by atoms with Gasteiger partial charge in [0.1, 0.15) is 4.70 Å². The molecule has 0 spiro atoms. The van der Waals surface area contributed by atoms with Gasteiger partial charge >= 0.3 is 5.97 Å². The van der Waals surface area contributed by atoms with E-state index in [1.807, 2.05) is 39.1 Å². The second-order valence-corrected chi connectivity index (χ2v) is 9.20. The number of carbonyl (C=O) groups is 1. The minimum Gasteiger partial charge on any atom is -0.465 e. The third kappa shape index (κ3) is 3.92. The number of hydrogen-bond acceptors (Lipinski definition) is 7. The van der Waals surface area contributed by atoms with Crippen LogP contribution in [0.5, 0.6) is 0 Å². The molecule has 164 valence electrons. The summed E-state index contributed by atoms with van der Waals surface area (Å²) in [4.78, 5) is 33.6.